The van der Waals surface area contributed by atoms with Gasteiger partial charge in [0.15, 0.2) is 5.11 Å². The Morgan fingerprint density at radius 2 is 1.83 bits per heavy atom. The maximum Gasteiger partial charge on any atom is 0.296 e. The molecule has 2 rings (SSSR count). The van der Waals surface area contributed by atoms with E-state index in [4.69, 9.17) is 21.7 Å². The zero-order valence-corrected chi connectivity index (χ0v) is 17.2. The largest absolute Gasteiger partial charge is 0.496 e. The quantitative estimate of drug-likeness (QED) is 0.378. The monoisotopic (exact) mass is 417 g/mol. The van der Waals surface area contributed by atoms with Crippen LogP contribution in [-0.4, -0.2) is 29.7 Å². The zero-order valence-electron chi connectivity index (χ0n) is 16.4. The first-order chi connectivity index (χ1) is 13.8. The van der Waals surface area contributed by atoms with Crippen molar-refractivity contribution in [3.8, 4) is 11.5 Å². The number of ether oxygens (including phenoxy) is 2. The second-order valence-electron chi connectivity index (χ2n) is 6.60. The van der Waals surface area contributed by atoms with E-state index >= 15 is 0 Å². The maximum atomic E-state index is 12.3. The summed E-state index contributed by atoms with van der Waals surface area (Å²) in [4.78, 5) is 23.0. The van der Waals surface area contributed by atoms with Crippen LogP contribution in [0.4, 0.5) is 11.4 Å². The van der Waals surface area contributed by atoms with E-state index in [0.29, 0.717) is 29.6 Å². The Bertz CT molecular complexity index is 884. The molecule has 0 unspecified atom stereocenters. The van der Waals surface area contributed by atoms with E-state index in [-0.39, 0.29) is 16.5 Å². The van der Waals surface area contributed by atoms with Gasteiger partial charge in [-0.3, -0.25) is 20.2 Å². The van der Waals surface area contributed by atoms with E-state index in [1.165, 1.54) is 19.2 Å². The second-order valence-corrected chi connectivity index (χ2v) is 7.01. The predicted molar refractivity (Wildman–Crippen MR) is 115 cm³/mol. The number of hydrogen-bond donors (Lipinski definition) is 2. The number of benzene rings is 2. The number of rotatable bonds is 8. The van der Waals surface area contributed by atoms with E-state index in [2.05, 4.69) is 24.5 Å². The molecule has 0 spiro atoms. The topological polar surface area (TPSA) is 103 Å². The van der Waals surface area contributed by atoms with Gasteiger partial charge in [-0.05, 0) is 61.0 Å². The minimum atomic E-state index is -0.562. The smallest absolute Gasteiger partial charge is 0.296 e. The maximum absolute atomic E-state index is 12.3. The van der Waals surface area contributed by atoms with Crippen molar-refractivity contribution in [1.82, 2.24) is 5.32 Å². The van der Waals surface area contributed by atoms with Crippen molar-refractivity contribution in [2.24, 2.45) is 5.92 Å². The third-order valence-corrected chi connectivity index (χ3v) is 4.16. The number of carbonyl (C=O) groups is 1. The fraction of sp³-hybridized carbons (Fsp3) is 0.300. The van der Waals surface area contributed by atoms with Gasteiger partial charge in [-0.25, -0.2) is 0 Å². The highest BCUT2D eigenvalue weighted by molar-refractivity contribution is 7.80. The first kappa shape index (κ1) is 22.1. The van der Waals surface area contributed by atoms with Crippen molar-refractivity contribution >= 4 is 34.6 Å². The van der Waals surface area contributed by atoms with Crippen LogP contribution in [-0.2, 0) is 0 Å². The standard InChI is InChI=1S/C20H23N3O5S/c1-13(2)10-11-28-15-6-4-14(5-7-15)19(24)22-20(29)21-17-9-8-16(27-3)12-18(17)23(25)26/h4-9,12-13H,10-11H2,1-3H3,(H2,21,22,24,29). The number of carbonyl (C=O) groups excluding carboxylic acids is 1. The molecule has 2 aromatic rings. The molecule has 0 fully saturated rings. The molecule has 0 bridgehead atoms. The Kier molecular flexibility index (Phi) is 7.90. The fourth-order valence-corrected chi connectivity index (χ4v) is 2.54. The van der Waals surface area contributed by atoms with E-state index in [0.717, 1.165) is 6.42 Å². The Labute approximate surface area is 174 Å². The minimum absolute atomic E-state index is 0.0551. The van der Waals surface area contributed by atoms with E-state index in [9.17, 15) is 14.9 Å². The van der Waals surface area contributed by atoms with Gasteiger partial charge in [-0.15, -0.1) is 0 Å². The highest BCUT2D eigenvalue weighted by Crippen LogP contribution is 2.28. The number of nitro benzene ring substituents is 1. The summed E-state index contributed by atoms with van der Waals surface area (Å²) in [5.74, 6) is 1.13. The molecule has 2 N–H and O–H groups in total. The summed E-state index contributed by atoms with van der Waals surface area (Å²) in [7, 11) is 1.41. The summed E-state index contributed by atoms with van der Waals surface area (Å²) in [6.45, 7) is 4.85. The molecule has 0 aromatic heterocycles. The van der Waals surface area contributed by atoms with E-state index in [1.54, 1.807) is 30.3 Å². The molecule has 0 atom stereocenters. The molecular formula is C20H23N3O5S. The van der Waals surface area contributed by atoms with Crippen LogP contribution in [0, 0.1) is 16.0 Å². The van der Waals surface area contributed by atoms with Crippen LogP contribution in [0.15, 0.2) is 42.5 Å². The summed E-state index contributed by atoms with van der Waals surface area (Å²) in [6, 6.07) is 10.9. The van der Waals surface area contributed by atoms with Gasteiger partial charge in [-0.1, -0.05) is 13.8 Å². The van der Waals surface area contributed by atoms with Crippen LogP contribution in [0.5, 0.6) is 11.5 Å². The van der Waals surface area contributed by atoms with Gasteiger partial charge in [0.05, 0.1) is 24.7 Å². The number of methoxy groups -OCH3 is 1. The van der Waals surface area contributed by atoms with Gasteiger partial charge in [-0.2, -0.15) is 0 Å². The molecule has 0 aliphatic rings. The van der Waals surface area contributed by atoms with Crippen molar-refractivity contribution in [1.29, 1.82) is 0 Å². The molecule has 8 nitrogen and oxygen atoms in total. The highest BCUT2D eigenvalue weighted by Gasteiger charge is 2.17. The van der Waals surface area contributed by atoms with Crippen LogP contribution in [0.25, 0.3) is 0 Å². The van der Waals surface area contributed by atoms with Gasteiger partial charge in [0.2, 0.25) is 0 Å². The number of nitro groups is 1. The minimum Gasteiger partial charge on any atom is -0.496 e. The molecule has 0 saturated carbocycles. The molecule has 0 aliphatic carbocycles. The van der Waals surface area contributed by atoms with Crippen LogP contribution >= 0.6 is 12.2 Å². The average Bonchev–Trinajstić information content (AvgIpc) is 2.68. The molecular weight excluding hydrogens is 394 g/mol. The van der Waals surface area contributed by atoms with Crippen molar-refractivity contribution in [3.05, 3.63) is 58.1 Å². The third kappa shape index (κ3) is 6.72. The van der Waals surface area contributed by atoms with Crippen LogP contribution in [0.1, 0.15) is 30.6 Å². The molecule has 154 valence electrons. The summed E-state index contributed by atoms with van der Waals surface area (Å²) in [5.41, 5.74) is 0.313. The SMILES string of the molecule is COc1ccc(NC(=S)NC(=O)c2ccc(OCCC(C)C)cc2)c([N+](=O)[O-])c1. The summed E-state index contributed by atoms with van der Waals surface area (Å²) < 4.78 is 10.6. The molecule has 9 heteroatoms. The van der Waals surface area contributed by atoms with Gasteiger partial charge in [0.1, 0.15) is 17.2 Å². The van der Waals surface area contributed by atoms with Crippen molar-refractivity contribution in [3.63, 3.8) is 0 Å². The third-order valence-electron chi connectivity index (χ3n) is 3.96. The Morgan fingerprint density at radius 3 is 2.41 bits per heavy atom. The van der Waals surface area contributed by atoms with Crippen molar-refractivity contribution in [2.75, 3.05) is 19.0 Å². The van der Waals surface area contributed by atoms with Gasteiger partial charge in [0.25, 0.3) is 11.6 Å². The lowest BCUT2D eigenvalue weighted by atomic mass is 10.1. The number of nitrogens with one attached hydrogen (secondary N) is 2. The Morgan fingerprint density at radius 1 is 1.17 bits per heavy atom. The normalized spacial score (nSPS) is 10.3. The molecule has 0 heterocycles. The summed E-state index contributed by atoms with van der Waals surface area (Å²) >= 11 is 5.11. The molecule has 0 radical (unpaired) electrons. The van der Waals surface area contributed by atoms with Crippen molar-refractivity contribution < 1.29 is 19.2 Å². The van der Waals surface area contributed by atoms with Gasteiger partial charge < -0.3 is 14.8 Å². The molecule has 29 heavy (non-hydrogen) atoms. The molecule has 2 aromatic carbocycles. The van der Waals surface area contributed by atoms with E-state index < -0.39 is 10.8 Å². The molecule has 0 aliphatic heterocycles. The zero-order chi connectivity index (χ0) is 21.4. The molecule has 1 amide bonds. The first-order valence-corrected chi connectivity index (χ1v) is 9.38. The molecule has 0 saturated heterocycles. The first-order valence-electron chi connectivity index (χ1n) is 8.97. The van der Waals surface area contributed by atoms with Crippen LogP contribution in [0.2, 0.25) is 0 Å². The number of amides is 1. The van der Waals surface area contributed by atoms with Crippen LogP contribution in [0.3, 0.4) is 0 Å². The number of hydrogen-bond acceptors (Lipinski definition) is 6. The van der Waals surface area contributed by atoms with E-state index in [1.807, 2.05) is 0 Å². The fourth-order valence-electron chi connectivity index (χ4n) is 2.34. The lowest BCUT2D eigenvalue weighted by Gasteiger charge is -2.11. The number of nitrogens with zero attached hydrogens (tertiary/aromatic N) is 1. The lowest BCUT2D eigenvalue weighted by Crippen LogP contribution is -2.34. The van der Waals surface area contributed by atoms with Gasteiger partial charge >= 0.3 is 0 Å². The summed E-state index contributed by atoms with van der Waals surface area (Å²) in [6.07, 6.45) is 0.944. The lowest BCUT2D eigenvalue weighted by molar-refractivity contribution is -0.384. The Balaban J connectivity index is 1.97. The van der Waals surface area contributed by atoms with Crippen LogP contribution < -0.4 is 20.1 Å². The summed E-state index contributed by atoms with van der Waals surface area (Å²) in [5, 5.41) is 16.3. The van der Waals surface area contributed by atoms with Crippen molar-refractivity contribution in [2.45, 2.75) is 20.3 Å². The number of thiocarbonyl (C=S) groups is 1. The highest BCUT2D eigenvalue weighted by atomic mass is 32.1. The second kappa shape index (κ2) is 10.4. The average molecular weight is 417 g/mol. The predicted octanol–water partition coefficient (Wildman–Crippen LogP) is 4.16. The number of anilines is 1. The van der Waals surface area contributed by atoms with Gasteiger partial charge in [0, 0.05) is 5.56 Å². The Hall–Kier alpha value is -3.20.